The zero-order valence-corrected chi connectivity index (χ0v) is 10.7. The molecule has 0 radical (unpaired) electrons. The molecule has 1 unspecified atom stereocenters. The Morgan fingerprint density at radius 3 is 2.25 bits per heavy atom. The Morgan fingerprint density at radius 1 is 1.12 bits per heavy atom. The lowest BCUT2D eigenvalue weighted by Gasteiger charge is -2.29. The van der Waals surface area contributed by atoms with Gasteiger partial charge in [-0.2, -0.15) is 17.0 Å². The third-order valence-corrected chi connectivity index (χ3v) is 4.81. The van der Waals surface area contributed by atoms with Gasteiger partial charge in [0.15, 0.2) is 0 Å². The second-order valence-electron chi connectivity index (χ2n) is 3.93. The summed E-state index contributed by atoms with van der Waals surface area (Å²) in [5.41, 5.74) is 5.70. The Balaban J connectivity index is 0.00000128. The van der Waals surface area contributed by atoms with Gasteiger partial charge in [0.2, 0.25) is 0 Å². The van der Waals surface area contributed by atoms with E-state index in [-0.39, 0.29) is 18.4 Å². The third kappa shape index (κ3) is 2.85. The first-order chi connectivity index (χ1) is 7.10. The summed E-state index contributed by atoms with van der Waals surface area (Å²) >= 11 is 0. The van der Waals surface area contributed by atoms with Crippen LogP contribution >= 0.6 is 12.4 Å². The zero-order valence-electron chi connectivity index (χ0n) is 9.04. The molecular weight excluding hydrogens is 254 g/mol. The molecule has 0 aromatic carbocycles. The summed E-state index contributed by atoms with van der Waals surface area (Å²) in [6, 6.07) is -0.0131. The van der Waals surface area contributed by atoms with Gasteiger partial charge in [-0.05, 0) is 6.42 Å². The van der Waals surface area contributed by atoms with E-state index in [1.54, 1.807) is 0 Å². The number of nitrogens with two attached hydrogens (primary N) is 1. The van der Waals surface area contributed by atoms with Crippen molar-refractivity contribution in [2.45, 2.75) is 12.5 Å². The molecular formula is C8H18ClN3O3S. The Bertz CT molecular complexity index is 308. The van der Waals surface area contributed by atoms with E-state index >= 15 is 0 Å². The fraction of sp³-hybridized carbons (Fsp3) is 1.00. The molecule has 2 fully saturated rings. The van der Waals surface area contributed by atoms with Crippen molar-refractivity contribution in [3.05, 3.63) is 0 Å². The summed E-state index contributed by atoms with van der Waals surface area (Å²) < 4.78 is 32.2. The molecule has 0 aromatic rings. The maximum Gasteiger partial charge on any atom is 0.282 e. The predicted molar refractivity (Wildman–Crippen MR) is 62.7 cm³/mol. The molecule has 8 heteroatoms. The van der Waals surface area contributed by atoms with Gasteiger partial charge >= 0.3 is 0 Å². The van der Waals surface area contributed by atoms with Crippen molar-refractivity contribution >= 4 is 22.6 Å². The van der Waals surface area contributed by atoms with E-state index in [0.29, 0.717) is 39.4 Å². The molecule has 2 N–H and O–H groups in total. The van der Waals surface area contributed by atoms with Crippen molar-refractivity contribution in [2.24, 2.45) is 5.73 Å². The average Bonchev–Trinajstić information content (AvgIpc) is 2.67. The maximum absolute atomic E-state index is 12.1. The van der Waals surface area contributed by atoms with Gasteiger partial charge in [0.25, 0.3) is 10.2 Å². The minimum Gasteiger partial charge on any atom is -0.379 e. The van der Waals surface area contributed by atoms with E-state index in [2.05, 4.69) is 0 Å². The Hall–Kier alpha value is 0.0800. The first kappa shape index (κ1) is 14.1. The van der Waals surface area contributed by atoms with Crippen LogP contribution in [0.4, 0.5) is 0 Å². The second kappa shape index (κ2) is 5.61. The van der Waals surface area contributed by atoms with Crippen molar-refractivity contribution in [3.63, 3.8) is 0 Å². The number of ether oxygens (including phenoxy) is 1. The summed E-state index contributed by atoms with van der Waals surface area (Å²) in [7, 11) is -3.29. The zero-order chi connectivity index (χ0) is 10.9. The molecule has 96 valence electrons. The van der Waals surface area contributed by atoms with Crippen molar-refractivity contribution in [1.29, 1.82) is 0 Å². The van der Waals surface area contributed by atoms with E-state index in [9.17, 15) is 8.42 Å². The highest BCUT2D eigenvalue weighted by atomic mass is 35.5. The van der Waals surface area contributed by atoms with Gasteiger partial charge in [-0.15, -0.1) is 12.4 Å². The maximum atomic E-state index is 12.1. The minimum atomic E-state index is -3.29. The van der Waals surface area contributed by atoms with E-state index in [0.717, 1.165) is 6.42 Å². The molecule has 2 aliphatic rings. The minimum absolute atomic E-state index is 0. The Morgan fingerprint density at radius 2 is 1.75 bits per heavy atom. The normalized spacial score (nSPS) is 28.9. The van der Waals surface area contributed by atoms with Gasteiger partial charge < -0.3 is 10.5 Å². The highest BCUT2D eigenvalue weighted by molar-refractivity contribution is 7.86. The number of rotatable bonds is 2. The molecule has 16 heavy (non-hydrogen) atoms. The molecule has 0 bridgehead atoms. The van der Waals surface area contributed by atoms with Crippen LogP contribution in [-0.4, -0.2) is 62.5 Å². The molecule has 1 atom stereocenters. The highest BCUT2D eigenvalue weighted by Crippen LogP contribution is 2.16. The monoisotopic (exact) mass is 271 g/mol. The van der Waals surface area contributed by atoms with E-state index in [1.807, 2.05) is 0 Å². The number of hydrogen-bond acceptors (Lipinski definition) is 4. The van der Waals surface area contributed by atoms with Gasteiger partial charge in [-0.1, -0.05) is 0 Å². The number of morpholine rings is 1. The van der Waals surface area contributed by atoms with Crippen molar-refractivity contribution < 1.29 is 13.2 Å². The lowest BCUT2D eigenvalue weighted by Crippen LogP contribution is -2.48. The van der Waals surface area contributed by atoms with E-state index in [4.69, 9.17) is 10.5 Å². The smallest absolute Gasteiger partial charge is 0.282 e. The summed E-state index contributed by atoms with van der Waals surface area (Å²) in [6.45, 7) is 2.86. The number of halogens is 1. The van der Waals surface area contributed by atoms with Crippen LogP contribution in [0.2, 0.25) is 0 Å². The fourth-order valence-corrected chi connectivity index (χ4v) is 3.56. The van der Waals surface area contributed by atoms with Crippen LogP contribution in [0.25, 0.3) is 0 Å². The predicted octanol–water partition coefficient (Wildman–Crippen LogP) is -0.982. The fourth-order valence-electron chi connectivity index (χ4n) is 1.90. The number of hydrogen-bond donors (Lipinski definition) is 1. The molecule has 2 aliphatic heterocycles. The third-order valence-electron chi connectivity index (χ3n) is 2.81. The van der Waals surface area contributed by atoms with E-state index in [1.165, 1.54) is 8.61 Å². The second-order valence-corrected chi connectivity index (χ2v) is 5.85. The molecule has 2 heterocycles. The largest absolute Gasteiger partial charge is 0.379 e. The first-order valence-corrected chi connectivity index (χ1v) is 6.59. The summed E-state index contributed by atoms with van der Waals surface area (Å²) in [6.07, 6.45) is 0.754. The molecule has 6 nitrogen and oxygen atoms in total. The molecule has 0 aromatic heterocycles. The molecule has 2 rings (SSSR count). The van der Waals surface area contributed by atoms with Gasteiger partial charge in [0.05, 0.1) is 13.2 Å². The van der Waals surface area contributed by atoms with Crippen LogP contribution in [0.3, 0.4) is 0 Å². The first-order valence-electron chi connectivity index (χ1n) is 5.19. The lowest BCUT2D eigenvalue weighted by molar-refractivity contribution is 0.0706. The average molecular weight is 272 g/mol. The van der Waals surface area contributed by atoms with Gasteiger partial charge in [-0.25, -0.2) is 0 Å². The van der Waals surface area contributed by atoms with Gasteiger partial charge in [0, 0.05) is 32.2 Å². The van der Waals surface area contributed by atoms with Crippen LogP contribution in [0.5, 0.6) is 0 Å². The number of nitrogens with zero attached hydrogens (tertiary/aromatic N) is 2. The van der Waals surface area contributed by atoms with Crippen LogP contribution in [0.15, 0.2) is 0 Å². The highest BCUT2D eigenvalue weighted by Gasteiger charge is 2.34. The lowest BCUT2D eigenvalue weighted by atomic mass is 10.3. The molecule has 2 saturated heterocycles. The summed E-state index contributed by atoms with van der Waals surface area (Å²) in [5, 5.41) is 0. The van der Waals surface area contributed by atoms with Crippen LogP contribution in [0.1, 0.15) is 6.42 Å². The van der Waals surface area contributed by atoms with Crippen LogP contribution < -0.4 is 5.73 Å². The molecule has 0 spiro atoms. The van der Waals surface area contributed by atoms with Gasteiger partial charge in [0.1, 0.15) is 0 Å². The van der Waals surface area contributed by atoms with Gasteiger partial charge in [-0.3, -0.25) is 0 Å². The van der Waals surface area contributed by atoms with E-state index < -0.39 is 10.2 Å². The SMILES string of the molecule is Cl.NC1CCN(S(=O)(=O)N2CCOCC2)C1. The molecule has 0 amide bonds. The standard InChI is InChI=1S/C8H17N3O3S.ClH/c9-8-1-2-11(7-8)15(12,13)10-3-5-14-6-4-10;/h8H,1-7,9H2;1H. The van der Waals surface area contributed by atoms with Crippen molar-refractivity contribution in [1.82, 2.24) is 8.61 Å². The van der Waals surface area contributed by atoms with Crippen molar-refractivity contribution in [3.8, 4) is 0 Å². The van der Waals surface area contributed by atoms with Crippen molar-refractivity contribution in [2.75, 3.05) is 39.4 Å². The summed E-state index contributed by atoms with van der Waals surface area (Å²) in [4.78, 5) is 0. The van der Waals surface area contributed by atoms with Crippen LogP contribution in [0, 0.1) is 0 Å². The Labute approximate surface area is 102 Å². The molecule has 0 saturated carbocycles. The quantitative estimate of drug-likeness (QED) is 0.700. The summed E-state index contributed by atoms with van der Waals surface area (Å²) in [5.74, 6) is 0. The topological polar surface area (TPSA) is 75.9 Å². The van der Waals surface area contributed by atoms with Crippen LogP contribution in [-0.2, 0) is 14.9 Å². The molecule has 0 aliphatic carbocycles. The Kier molecular flexibility index (Phi) is 4.96.